The molecular weight excluding hydrogens is 276 g/mol. The predicted octanol–water partition coefficient (Wildman–Crippen LogP) is 1.70. The van der Waals surface area contributed by atoms with Crippen molar-refractivity contribution in [1.29, 1.82) is 0 Å². The summed E-state index contributed by atoms with van der Waals surface area (Å²) in [7, 11) is -3.53. The van der Waals surface area contributed by atoms with Crippen molar-refractivity contribution >= 4 is 20.7 Å². The molecule has 0 spiro atoms. The number of aromatic nitrogens is 2. The zero-order valence-corrected chi connectivity index (χ0v) is 12.3. The van der Waals surface area contributed by atoms with Gasteiger partial charge in [-0.1, -0.05) is 19.1 Å². The van der Waals surface area contributed by atoms with Crippen LogP contribution in [0.2, 0.25) is 0 Å². The first-order chi connectivity index (χ1) is 9.43. The molecule has 1 aromatic carbocycles. The van der Waals surface area contributed by atoms with Crippen LogP contribution < -0.4 is 5.56 Å². The van der Waals surface area contributed by atoms with Crippen LogP contribution >= 0.6 is 0 Å². The summed E-state index contributed by atoms with van der Waals surface area (Å²) in [6.07, 6.45) is 3.49. The number of benzene rings is 1. The lowest BCUT2D eigenvalue weighted by molar-refractivity contribution is 0.554. The third kappa shape index (κ3) is 2.04. The number of rotatable bonds is 3. The molecular formula is C14H16N2O3S. The zero-order chi connectivity index (χ0) is 14.5. The van der Waals surface area contributed by atoms with Crippen LogP contribution in [-0.2, 0) is 16.3 Å². The van der Waals surface area contributed by atoms with Gasteiger partial charge in [0.2, 0.25) is 15.0 Å². The number of aryl methyl sites for hydroxylation is 1. The van der Waals surface area contributed by atoms with E-state index in [0.29, 0.717) is 17.3 Å². The molecule has 20 heavy (non-hydrogen) atoms. The second-order valence-electron chi connectivity index (χ2n) is 5.24. The molecule has 0 amide bonds. The van der Waals surface area contributed by atoms with Crippen LogP contribution in [0.15, 0.2) is 28.2 Å². The van der Waals surface area contributed by atoms with Crippen LogP contribution in [0.3, 0.4) is 0 Å². The quantitative estimate of drug-likeness (QED) is 0.807. The fraction of sp³-hybridized carbons (Fsp3) is 0.429. The number of fused-ring (bicyclic) bond motifs is 1. The standard InChI is InChI=1S/C14H16N2O3S/c1-3-9-5-4-6-11-12(9)15-14(20(2,18)19)16(13(11)17)10-7-8-10/h4-6,10H,3,7-8H2,1-2H3. The van der Waals surface area contributed by atoms with Crippen molar-refractivity contribution in [3.05, 3.63) is 34.1 Å². The Hall–Kier alpha value is -1.69. The summed E-state index contributed by atoms with van der Waals surface area (Å²) in [6, 6.07) is 5.40. The van der Waals surface area contributed by atoms with Crippen molar-refractivity contribution in [2.45, 2.75) is 37.4 Å². The number of sulfone groups is 1. The minimum absolute atomic E-state index is 0.0191. The van der Waals surface area contributed by atoms with E-state index in [1.807, 2.05) is 19.1 Å². The highest BCUT2D eigenvalue weighted by atomic mass is 32.2. The molecule has 0 unspecified atom stereocenters. The van der Waals surface area contributed by atoms with E-state index in [9.17, 15) is 13.2 Å². The Bertz CT molecular complexity index is 849. The van der Waals surface area contributed by atoms with Gasteiger partial charge in [0, 0.05) is 12.3 Å². The summed E-state index contributed by atoms with van der Waals surface area (Å²) in [4.78, 5) is 16.9. The van der Waals surface area contributed by atoms with Gasteiger partial charge in [0.25, 0.3) is 5.56 Å². The number of nitrogens with zero attached hydrogens (tertiary/aromatic N) is 2. The number of hydrogen-bond acceptors (Lipinski definition) is 4. The van der Waals surface area contributed by atoms with E-state index >= 15 is 0 Å². The molecule has 5 nitrogen and oxygen atoms in total. The van der Waals surface area contributed by atoms with E-state index < -0.39 is 9.84 Å². The molecule has 3 rings (SSSR count). The molecule has 1 aliphatic carbocycles. The molecule has 1 saturated carbocycles. The molecule has 0 radical (unpaired) electrons. The van der Waals surface area contributed by atoms with Crippen LogP contribution in [0.4, 0.5) is 0 Å². The predicted molar refractivity (Wildman–Crippen MR) is 76.8 cm³/mol. The minimum Gasteiger partial charge on any atom is -0.280 e. The van der Waals surface area contributed by atoms with Gasteiger partial charge in [0.05, 0.1) is 10.9 Å². The van der Waals surface area contributed by atoms with Gasteiger partial charge in [-0.15, -0.1) is 0 Å². The van der Waals surface area contributed by atoms with E-state index in [0.717, 1.165) is 24.7 Å². The largest absolute Gasteiger partial charge is 0.280 e. The van der Waals surface area contributed by atoms with Crippen LogP contribution in [0.1, 0.15) is 31.4 Å². The minimum atomic E-state index is -3.53. The van der Waals surface area contributed by atoms with Crippen LogP contribution in [0.5, 0.6) is 0 Å². The Balaban J connectivity index is 2.48. The molecule has 2 aromatic rings. The van der Waals surface area contributed by atoms with Gasteiger partial charge >= 0.3 is 0 Å². The van der Waals surface area contributed by atoms with Gasteiger partial charge in [-0.25, -0.2) is 13.4 Å². The summed E-state index contributed by atoms with van der Waals surface area (Å²) >= 11 is 0. The van der Waals surface area contributed by atoms with Crippen molar-refractivity contribution in [1.82, 2.24) is 9.55 Å². The SMILES string of the molecule is CCc1cccc2c(=O)n(C3CC3)c(S(C)(=O)=O)nc12. The van der Waals surface area contributed by atoms with Gasteiger partial charge in [0.15, 0.2) is 0 Å². The molecule has 0 N–H and O–H groups in total. The highest BCUT2D eigenvalue weighted by Crippen LogP contribution is 2.35. The number of para-hydroxylation sites is 1. The molecule has 0 atom stereocenters. The topological polar surface area (TPSA) is 69.0 Å². The van der Waals surface area contributed by atoms with E-state index in [1.165, 1.54) is 4.57 Å². The van der Waals surface area contributed by atoms with Gasteiger partial charge in [-0.2, -0.15) is 0 Å². The molecule has 1 fully saturated rings. The average molecular weight is 292 g/mol. The number of hydrogen-bond donors (Lipinski definition) is 0. The van der Waals surface area contributed by atoms with Gasteiger partial charge < -0.3 is 0 Å². The highest BCUT2D eigenvalue weighted by Gasteiger charge is 2.31. The monoisotopic (exact) mass is 292 g/mol. The smallest absolute Gasteiger partial charge is 0.262 e. The van der Waals surface area contributed by atoms with E-state index in [-0.39, 0.29) is 16.8 Å². The summed E-state index contributed by atoms with van der Waals surface area (Å²) in [5.74, 6) is 0. The Morgan fingerprint density at radius 3 is 2.60 bits per heavy atom. The van der Waals surface area contributed by atoms with E-state index in [4.69, 9.17) is 0 Å². The fourth-order valence-corrected chi connectivity index (χ4v) is 3.31. The van der Waals surface area contributed by atoms with Crippen LogP contribution in [0.25, 0.3) is 10.9 Å². The second-order valence-corrected chi connectivity index (χ2v) is 7.15. The first-order valence-corrected chi connectivity index (χ1v) is 8.57. The molecule has 1 aliphatic rings. The van der Waals surface area contributed by atoms with Gasteiger partial charge in [-0.3, -0.25) is 9.36 Å². The van der Waals surface area contributed by atoms with Crippen molar-refractivity contribution < 1.29 is 8.42 Å². The first kappa shape index (κ1) is 13.3. The molecule has 0 bridgehead atoms. The maximum absolute atomic E-state index is 12.6. The fourth-order valence-electron chi connectivity index (χ4n) is 2.46. The Kier molecular flexibility index (Phi) is 2.93. The normalized spacial score (nSPS) is 15.7. The van der Waals surface area contributed by atoms with Crippen molar-refractivity contribution in [3.8, 4) is 0 Å². The lowest BCUT2D eigenvalue weighted by Gasteiger charge is -2.12. The summed E-state index contributed by atoms with van der Waals surface area (Å²) < 4.78 is 25.3. The molecule has 6 heteroatoms. The summed E-state index contributed by atoms with van der Waals surface area (Å²) in [6.45, 7) is 1.96. The van der Waals surface area contributed by atoms with Gasteiger partial charge in [-0.05, 0) is 30.9 Å². The molecule has 106 valence electrons. The highest BCUT2D eigenvalue weighted by molar-refractivity contribution is 7.90. The van der Waals surface area contributed by atoms with Gasteiger partial charge in [0.1, 0.15) is 0 Å². The molecule has 1 aromatic heterocycles. The van der Waals surface area contributed by atoms with E-state index in [1.54, 1.807) is 6.07 Å². The summed E-state index contributed by atoms with van der Waals surface area (Å²) in [5.41, 5.74) is 1.16. The lowest BCUT2D eigenvalue weighted by Crippen LogP contribution is -2.26. The van der Waals surface area contributed by atoms with Crippen molar-refractivity contribution in [3.63, 3.8) is 0 Å². The van der Waals surface area contributed by atoms with Crippen molar-refractivity contribution in [2.24, 2.45) is 0 Å². The Morgan fingerprint density at radius 1 is 1.35 bits per heavy atom. The second kappa shape index (κ2) is 4.41. The third-order valence-electron chi connectivity index (χ3n) is 3.61. The van der Waals surface area contributed by atoms with Crippen LogP contribution in [0, 0.1) is 0 Å². The average Bonchev–Trinajstić information content (AvgIpc) is 3.21. The molecule has 0 aliphatic heterocycles. The Labute approximate surface area is 117 Å². The van der Waals surface area contributed by atoms with E-state index in [2.05, 4.69) is 4.98 Å². The molecule has 0 saturated heterocycles. The maximum atomic E-state index is 12.6. The zero-order valence-electron chi connectivity index (χ0n) is 11.5. The maximum Gasteiger partial charge on any atom is 0.262 e. The first-order valence-electron chi connectivity index (χ1n) is 6.67. The van der Waals surface area contributed by atoms with Crippen LogP contribution in [-0.4, -0.2) is 24.2 Å². The third-order valence-corrected chi connectivity index (χ3v) is 4.56. The Morgan fingerprint density at radius 2 is 2.05 bits per heavy atom. The molecule has 1 heterocycles. The van der Waals surface area contributed by atoms with Crippen molar-refractivity contribution in [2.75, 3.05) is 6.26 Å². The lowest BCUT2D eigenvalue weighted by atomic mass is 10.1. The summed E-state index contributed by atoms with van der Waals surface area (Å²) in [5, 5.41) is 0.405.